The van der Waals surface area contributed by atoms with E-state index in [1.807, 2.05) is 0 Å². The minimum atomic E-state index is -3.66. The van der Waals surface area contributed by atoms with Gasteiger partial charge in [-0.2, -0.15) is 8.78 Å². The molecule has 0 aliphatic heterocycles. The monoisotopic (exact) mass is 284 g/mol. The highest BCUT2D eigenvalue weighted by atomic mass is 19.3. The van der Waals surface area contributed by atoms with Crippen LogP contribution in [0.4, 0.5) is 17.6 Å². The van der Waals surface area contributed by atoms with Crippen LogP contribution in [0.5, 0.6) is 5.75 Å². The zero-order valence-corrected chi connectivity index (χ0v) is 10.9. The first kappa shape index (κ1) is 14.4. The highest BCUT2D eigenvalue weighted by molar-refractivity contribution is 5.31. The van der Waals surface area contributed by atoms with Crippen LogP contribution in [0.3, 0.4) is 0 Å². The Morgan fingerprint density at radius 3 is 1.90 bits per heavy atom. The van der Waals surface area contributed by atoms with Crippen LogP contribution in [0.1, 0.15) is 16.7 Å². The summed E-state index contributed by atoms with van der Waals surface area (Å²) in [5.74, 6) is -2.42. The first-order chi connectivity index (χ1) is 9.29. The lowest BCUT2D eigenvalue weighted by atomic mass is 10.1. The molecule has 0 aliphatic carbocycles. The van der Waals surface area contributed by atoms with E-state index < -0.39 is 23.5 Å². The van der Waals surface area contributed by atoms with Crippen molar-refractivity contribution in [2.75, 3.05) is 0 Å². The van der Waals surface area contributed by atoms with Gasteiger partial charge in [-0.25, -0.2) is 8.78 Å². The van der Waals surface area contributed by atoms with Crippen molar-refractivity contribution in [1.82, 2.24) is 0 Å². The van der Waals surface area contributed by atoms with Gasteiger partial charge in [0.05, 0.1) is 5.56 Å². The summed E-state index contributed by atoms with van der Waals surface area (Å²) >= 11 is 0. The van der Waals surface area contributed by atoms with Crippen molar-refractivity contribution in [1.29, 1.82) is 0 Å². The van der Waals surface area contributed by atoms with Gasteiger partial charge in [-0.3, -0.25) is 0 Å². The summed E-state index contributed by atoms with van der Waals surface area (Å²) in [5.41, 5.74) is 0.192. The maximum Gasteiger partial charge on any atom is 0.426 e. The molecule has 2 rings (SSSR count). The minimum Gasteiger partial charge on any atom is -0.429 e. The van der Waals surface area contributed by atoms with Crippen LogP contribution in [0, 0.1) is 25.5 Å². The molecule has 2 aromatic rings. The molecule has 0 spiro atoms. The Morgan fingerprint density at radius 1 is 0.900 bits per heavy atom. The molecule has 0 aliphatic rings. The van der Waals surface area contributed by atoms with E-state index in [1.54, 1.807) is 6.92 Å². The van der Waals surface area contributed by atoms with Gasteiger partial charge < -0.3 is 4.74 Å². The minimum absolute atomic E-state index is 0.240. The molecule has 0 saturated carbocycles. The smallest absolute Gasteiger partial charge is 0.426 e. The molecule has 20 heavy (non-hydrogen) atoms. The third-order valence-electron chi connectivity index (χ3n) is 2.89. The van der Waals surface area contributed by atoms with Crippen molar-refractivity contribution in [3.8, 4) is 5.75 Å². The summed E-state index contributed by atoms with van der Waals surface area (Å²) in [6, 6.07) is 6.89. The summed E-state index contributed by atoms with van der Waals surface area (Å²) in [5, 5.41) is 0. The fourth-order valence-corrected chi connectivity index (χ4v) is 1.64. The molecule has 0 heterocycles. The van der Waals surface area contributed by atoms with Crippen LogP contribution in [0.25, 0.3) is 0 Å². The average molecular weight is 284 g/mol. The van der Waals surface area contributed by atoms with Gasteiger partial charge in [0, 0.05) is 17.7 Å². The maximum atomic E-state index is 13.9. The third-order valence-corrected chi connectivity index (χ3v) is 2.89. The molecule has 0 saturated heterocycles. The number of hydrogen-bond acceptors (Lipinski definition) is 1. The molecule has 0 atom stereocenters. The number of rotatable bonds is 3. The second-order valence-corrected chi connectivity index (χ2v) is 4.50. The predicted molar refractivity (Wildman–Crippen MR) is 66.8 cm³/mol. The lowest BCUT2D eigenvalue weighted by Crippen LogP contribution is -2.22. The molecule has 0 aromatic heterocycles. The van der Waals surface area contributed by atoms with Crippen LogP contribution >= 0.6 is 0 Å². The van der Waals surface area contributed by atoms with Gasteiger partial charge in [0.15, 0.2) is 0 Å². The van der Waals surface area contributed by atoms with Gasteiger partial charge in [-0.1, -0.05) is 17.7 Å². The van der Waals surface area contributed by atoms with Gasteiger partial charge in [0.1, 0.15) is 17.4 Å². The van der Waals surface area contributed by atoms with Gasteiger partial charge in [0.2, 0.25) is 0 Å². The Hall–Kier alpha value is -2.04. The fourth-order valence-electron chi connectivity index (χ4n) is 1.64. The second kappa shape index (κ2) is 5.15. The zero-order valence-electron chi connectivity index (χ0n) is 10.9. The summed E-state index contributed by atoms with van der Waals surface area (Å²) in [6.45, 7) is 2.97. The Kier molecular flexibility index (Phi) is 3.70. The van der Waals surface area contributed by atoms with E-state index in [9.17, 15) is 17.6 Å². The van der Waals surface area contributed by atoms with E-state index in [-0.39, 0.29) is 11.1 Å². The molecule has 5 heteroatoms. The van der Waals surface area contributed by atoms with E-state index in [2.05, 4.69) is 4.74 Å². The van der Waals surface area contributed by atoms with Crippen LogP contribution in [-0.2, 0) is 6.11 Å². The van der Waals surface area contributed by atoms with E-state index in [0.29, 0.717) is 0 Å². The van der Waals surface area contributed by atoms with Crippen molar-refractivity contribution in [2.45, 2.75) is 20.0 Å². The number of aryl methyl sites for hydroxylation is 1. The summed E-state index contributed by atoms with van der Waals surface area (Å²) in [6.07, 6.45) is -3.66. The van der Waals surface area contributed by atoms with Crippen molar-refractivity contribution in [2.24, 2.45) is 0 Å². The quantitative estimate of drug-likeness (QED) is 0.742. The number of halogens is 4. The maximum absolute atomic E-state index is 13.9. The van der Waals surface area contributed by atoms with E-state index in [0.717, 1.165) is 17.7 Å². The molecular formula is C15H12F4O. The van der Waals surface area contributed by atoms with E-state index in [4.69, 9.17) is 0 Å². The molecule has 1 nitrogen and oxygen atoms in total. The normalized spacial score (nSPS) is 11.5. The van der Waals surface area contributed by atoms with Gasteiger partial charge in [-0.05, 0) is 26.0 Å². The second-order valence-electron chi connectivity index (χ2n) is 4.50. The Morgan fingerprint density at radius 2 is 1.40 bits per heavy atom. The van der Waals surface area contributed by atoms with Gasteiger partial charge >= 0.3 is 6.11 Å². The summed E-state index contributed by atoms with van der Waals surface area (Å²) in [7, 11) is 0. The number of hydrogen-bond donors (Lipinski definition) is 0. The lowest BCUT2D eigenvalue weighted by molar-refractivity contribution is -0.185. The predicted octanol–water partition coefficient (Wildman–Crippen LogP) is 4.71. The van der Waals surface area contributed by atoms with Crippen LogP contribution in [0.2, 0.25) is 0 Å². The first-order valence-electron chi connectivity index (χ1n) is 5.89. The molecule has 0 bridgehead atoms. The molecule has 0 unspecified atom stereocenters. The summed E-state index contributed by atoms with van der Waals surface area (Å²) < 4.78 is 58.8. The largest absolute Gasteiger partial charge is 0.429 e. The average Bonchev–Trinajstić information content (AvgIpc) is 2.36. The number of benzene rings is 2. The van der Waals surface area contributed by atoms with Crippen molar-refractivity contribution in [3.63, 3.8) is 0 Å². The van der Waals surface area contributed by atoms with Gasteiger partial charge in [-0.15, -0.1) is 0 Å². The Bertz CT molecular complexity index is 597. The van der Waals surface area contributed by atoms with Crippen LogP contribution in [-0.4, -0.2) is 0 Å². The Balaban J connectivity index is 2.30. The topological polar surface area (TPSA) is 9.23 Å². The lowest BCUT2D eigenvalue weighted by Gasteiger charge is -2.18. The molecule has 2 aromatic carbocycles. The molecular weight excluding hydrogens is 272 g/mol. The fraction of sp³-hybridized carbons (Fsp3) is 0.200. The molecule has 0 radical (unpaired) electrons. The molecule has 0 N–H and O–H groups in total. The van der Waals surface area contributed by atoms with E-state index in [1.165, 1.54) is 31.2 Å². The molecule has 0 fully saturated rings. The number of ether oxygens (including phenoxy) is 1. The number of alkyl halides is 2. The molecule has 106 valence electrons. The van der Waals surface area contributed by atoms with Crippen molar-refractivity contribution < 1.29 is 22.3 Å². The first-order valence-corrected chi connectivity index (χ1v) is 5.89. The van der Waals surface area contributed by atoms with Crippen molar-refractivity contribution in [3.05, 3.63) is 64.7 Å². The van der Waals surface area contributed by atoms with Crippen LogP contribution < -0.4 is 4.74 Å². The van der Waals surface area contributed by atoms with E-state index >= 15 is 0 Å². The van der Waals surface area contributed by atoms with Gasteiger partial charge in [0.25, 0.3) is 0 Å². The molecule has 0 amide bonds. The standard InChI is InChI=1S/C15H12F4O/c1-9-3-5-11(6-4-9)15(18,19)20-12-7-13(16)10(2)14(17)8-12/h3-8H,1-2H3. The van der Waals surface area contributed by atoms with Crippen LogP contribution in [0.15, 0.2) is 36.4 Å². The summed E-state index contributed by atoms with van der Waals surface area (Å²) in [4.78, 5) is 0. The third kappa shape index (κ3) is 2.92. The highest BCUT2D eigenvalue weighted by Gasteiger charge is 2.34. The Labute approximate surface area is 113 Å². The SMILES string of the molecule is Cc1ccc(C(F)(F)Oc2cc(F)c(C)c(F)c2)cc1. The van der Waals surface area contributed by atoms with Crippen molar-refractivity contribution >= 4 is 0 Å². The zero-order chi connectivity index (χ0) is 14.9. The highest BCUT2D eigenvalue weighted by Crippen LogP contribution is 2.32.